The number of aryl methyl sites for hydroxylation is 1. The Kier molecular flexibility index (Phi) is 5.18. The third kappa shape index (κ3) is 3.67. The molecule has 3 nitrogen and oxygen atoms in total. The fourth-order valence-electron chi connectivity index (χ4n) is 3.27. The summed E-state index contributed by atoms with van der Waals surface area (Å²) in [5.41, 5.74) is 3.92. The third-order valence-electron chi connectivity index (χ3n) is 4.73. The molecule has 0 spiro atoms. The number of hydrogen-bond acceptors (Lipinski definition) is 3. The molecule has 4 heteroatoms. The summed E-state index contributed by atoms with van der Waals surface area (Å²) in [5.74, 6) is 0.697. The van der Waals surface area contributed by atoms with E-state index in [1.165, 1.54) is 0 Å². The van der Waals surface area contributed by atoms with Crippen molar-refractivity contribution in [3.05, 3.63) is 99.4 Å². The highest BCUT2D eigenvalue weighted by Gasteiger charge is 2.13. The molecule has 4 aromatic rings. The lowest BCUT2D eigenvalue weighted by Crippen LogP contribution is -2.02. The Balaban J connectivity index is 1.79. The predicted octanol–water partition coefficient (Wildman–Crippen LogP) is 6.25. The van der Waals surface area contributed by atoms with Crippen molar-refractivity contribution in [1.29, 1.82) is 0 Å². The largest absolute Gasteiger partial charge is 0.488 e. The molecule has 0 saturated carbocycles. The van der Waals surface area contributed by atoms with Crippen LogP contribution in [0.2, 0.25) is 5.02 Å². The first-order chi connectivity index (χ1) is 13.7. The Morgan fingerprint density at radius 3 is 2.43 bits per heavy atom. The summed E-state index contributed by atoms with van der Waals surface area (Å²) in [6.45, 7) is 2.42. The van der Waals surface area contributed by atoms with Crippen molar-refractivity contribution >= 4 is 22.6 Å². The molecule has 0 amide bonds. The summed E-state index contributed by atoms with van der Waals surface area (Å²) < 4.78 is 11.5. The van der Waals surface area contributed by atoms with E-state index in [0.29, 0.717) is 23.0 Å². The van der Waals surface area contributed by atoms with E-state index in [4.69, 9.17) is 20.8 Å². The summed E-state index contributed by atoms with van der Waals surface area (Å²) in [5, 5.41) is 1.56. The predicted molar refractivity (Wildman–Crippen MR) is 113 cm³/mol. The molecule has 1 aromatic heterocycles. The zero-order valence-electron chi connectivity index (χ0n) is 15.4. The van der Waals surface area contributed by atoms with Crippen LogP contribution in [0.1, 0.15) is 18.1 Å². The van der Waals surface area contributed by atoms with Gasteiger partial charge >= 0.3 is 5.63 Å². The summed E-state index contributed by atoms with van der Waals surface area (Å²) in [6, 6.07) is 22.8. The Morgan fingerprint density at radius 2 is 1.68 bits per heavy atom. The van der Waals surface area contributed by atoms with Crippen LogP contribution >= 0.6 is 11.6 Å². The highest BCUT2D eigenvalue weighted by Crippen LogP contribution is 2.33. The van der Waals surface area contributed by atoms with Gasteiger partial charge in [-0.05, 0) is 35.2 Å². The first-order valence-corrected chi connectivity index (χ1v) is 9.56. The van der Waals surface area contributed by atoms with Gasteiger partial charge in [0.25, 0.3) is 0 Å². The average molecular weight is 391 g/mol. The maximum absolute atomic E-state index is 12.1. The summed E-state index contributed by atoms with van der Waals surface area (Å²) in [7, 11) is 0. The topological polar surface area (TPSA) is 39.4 Å². The second-order valence-corrected chi connectivity index (χ2v) is 6.94. The normalized spacial score (nSPS) is 10.9. The molecule has 0 atom stereocenters. The molecule has 0 saturated heterocycles. The summed E-state index contributed by atoms with van der Waals surface area (Å²) >= 11 is 6.23. The highest BCUT2D eigenvalue weighted by molar-refractivity contribution is 6.31. The monoisotopic (exact) mass is 390 g/mol. The number of fused-ring (bicyclic) bond motifs is 1. The maximum atomic E-state index is 12.1. The number of hydrogen-bond donors (Lipinski definition) is 0. The lowest BCUT2D eigenvalue weighted by Gasteiger charge is -2.14. The minimum absolute atomic E-state index is 0.348. The summed E-state index contributed by atoms with van der Waals surface area (Å²) in [4.78, 5) is 12.1. The quantitative estimate of drug-likeness (QED) is 0.378. The van der Waals surface area contributed by atoms with Crippen LogP contribution in [-0.4, -0.2) is 0 Å². The van der Waals surface area contributed by atoms with Gasteiger partial charge in [0.05, 0.1) is 0 Å². The Hall–Kier alpha value is -3.04. The number of benzene rings is 3. The molecule has 0 radical (unpaired) electrons. The smallest absolute Gasteiger partial charge is 0.336 e. The second-order valence-electron chi connectivity index (χ2n) is 6.53. The maximum Gasteiger partial charge on any atom is 0.336 e. The first kappa shape index (κ1) is 18.3. The van der Waals surface area contributed by atoms with Crippen LogP contribution in [0.25, 0.3) is 22.1 Å². The van der Waals surface area contributed by atoms with E-state index >= 15 is 0 Å². The van der Waals surface area contributed by atoms with Crippen LogP contribution in [0.4, 0.5) is 0 Å². The molecule has 4 rings (SSSR count). The number of ether oxygens (including phenoxy) is 1. The minimum atomic E-state index is -0.382. The molecule has 3 aromatic carbocycles. The Labute approximate surface area is 168 Å². The van der Waals surface area contributed by atoms with Gasteiger partial charge in [-0.1, -0.05) is 67.1 Å². The van der Waals surface area contributed by atoms with Crippen molar-refractivity contribution in [2.24, 2.45) is 0 Å². The van der Waals surface area contributed by atoms with E-state index in [9.17, 15) is 4.79 Å². The fourth-order valence-corrected chi connectivity index (χ4v) is 3.46. The van der Waals surface area contributed by atoms with Crippen LogP contribution in [-0.2, 0) is 13.0 Å². The summed E-state index contributed by atoms with van der Waals surface area (Å²) in [6.07, 6.45) is 0.793. The number of halogens is 1. The Morgan fingerprint density at radius 1 is 0.929 bits per heavy atom. The van der Waals surface area contributed by atoms with Gasteiger partial charge in [0, 0.05) is 28.1 Å². The van der Waals surface area contributed by atoms with Crippen molar-refractivity contribution in [2.75, 3.05) is 0 Å². The van der Waals surface area contributed by atoms with E-state index in [-0.39, 0.29) is 5.63 Å². The van der Waals surface area contributed by atoms with Gasteiger partial charge in [-0.3, -0.25) is 0 Å². The average Bonchev–Trinajstić information content (AvgIpc) is 2.72. The first-order valence-electron chi connectivity index (χ1n) is 9.18. The zero-order chi connectivity index (χ0) is 19.5. The standard InChI is InChI=1S/C24H19ClO3/c1-2-16-12-20-19(17-8-4-3-5-9-17)13-24(26)28-23(20)14-22(16)27-15-18-10-6-7-11-21(18)25/h3-14H,2,15H2,1H3. The van der Waals surface area contributed by atoms with Crippen LogP contribution < -0.4 is 10.4 Å². The molecule has 0 aliphatic heterocycles. The second kappa shape index (κ2) is 7.91. The molecule has 0 aliphatic rings. The molecular weight excluding hydrogens is 372 g/mol. The molecule has 0 fully saturated rings. The van der Waals surface area contributed by atoms with E-state index in [0.717, 1.165) is 34.1 Å². The van der Waals surface area contributed by atoms with Gasteiger partial charge in [0.15, 0.2) is 0 Å². The highest BCUT2D eigenvalue weighted by atomic mass is 35.5. The van der Waals surface area contributed by atoms with Crippen LogP contribution in [0, 0.1) is 0 Å². The molecular formula is C24H19ClO3. The van der Waals surface area contributed by atoms with Gasteiger partial charge in [-0.25, -0.2) is 4.79 Å². The molecule has 0 bridgehead atoms. The van der Waals surface area contributed by atoms with Crippen molar-refractivity contribution < 1.29 is 9.15 Å². The van der Waals surface area contributed by atoms with Crippen molar-refractivity contribution in [3.8, 4) is 16.9 Å². The molecule has 0 N–H and O–H groups in total. The van der Waals surface area contributed by atoms with Crippen LogP contribution in [0.3, 0.4) is 0 Å². The Bertz CT molecular complexity index is 1180. The zero-order valence-corrected chi connectivity index (χ0v) is 16.2. The minimum Gasteiger partial charge on any atom is -0.488 e. The van der Waals surface area contributed by atoms with Gasteiger partial charge < -0.3 is 9.15 Å². The SMILES string of the molecule is CCc1cc2c(-c3ccccc3)cc(=O)oc2cc1OCc1ccccc1Cl. The lowest BCUT2D eigenvalue weighted by molar-refractivity contribution is 0.303. The number of rotatable bonds is 5. The van der Waals surface area contributed by atoms with Crippen molar-refractivity contribution in [3.63, 3.8) is 0 Å². The van der Waals surface area contributed by atoms with Crippen LogP contribution in [0.5, 0.6) is 5.75 Å². The van der Waals surface area contributed by atoms with Crippen LogP contribution in [0.15, 0.2) is 82.0 Å². The van der Waals surface area contributed by atoms with Crippen molar-refractivity contribution in [1.82, 2.24) is 0 Å². The van der Waals surface area contributed by atoms with Crippen molar-refractivity contribution in [2.45, 2.75) is 20.0 Å². The van der Waals surface area contributed by atoms with E-state index in [1.807, 2.05) is 60.7 Å². The fraction of sp³-hybridized carbons (Fsp3) is 0.125. The molecule has 1 heterocycles. The lowest BCUT2D eigenvalue weighted by atomic mass is 9.99. The van der Waals surface area contributed by atoms with Gasteiger partial charge in [0.1, 0.15) is 17.9 Å². The van der Waals surface area contributed by atoms with E-state index in [2.05, 4.69) is 6.92 Å². The third-order valence-corrected chi connectivity index (χ3v) is 5.10. The molecule has 28 heavy (non-hydrogen) atoms. The van der Waals surface area contributed by atoms with E-state index < -0.39 is 0 Å². The molecule has 0 aliphatic carbocycles. The van der Waals surface area contributed by atoms with Gasteiger partial charge in [-0.15, -0.1) is 0 Å². The molecule has 140 valence electrons. The van der Waals surface area contributed by atoms with Gasteiger partial charge in [-0.2, -0.15) is 0 Å². The van der Waals surface area contributed by atoms with Gasteiger partial charge in [0.2, 0.25) is 0 Å². The molecule has 0 unspecified atom stereocenters. The van der Waals surface area contributed by atoms with E-state index in [1.54, 1.807) is 12.1 Å².